The van der Waals surface area contributed by atoms with Gasteiger partial charge in [-0.15, -0.1) is 0 Å². The zero-order valence-corrected chi connectivity index (χ0v) is 15.0. The first-order chi connectivity index (χ1) is 11.3. The topological polar surface area (TPSA) is 92.6 Å². The number of hydrogen-bond acceptors (Lipinski definition) is 5. The molecule has 1 aliphatic heterocycles. The number of hydrogen-bond donors (Lipinski definition) is 1. The van der Waals surface area contributed by atoms with E-state index in [1.54, 1.807) is 0 Å². The Morgan fingerprint density at radius 3 is 2.33 bits per heavy atom. The van der Waals surface area contributed by atoms with E-state index < -0.39 is 14.9 Å². The quantitative estimate of drug-likeness (QED) is 0.460. The Labute approximate surface area is 143 Å². The molecule has 1 fully saturated rings. The number of nitrogens with zero attached hydrogens (tertiary/aromatic N) is 2. The Morgan fingerprint density at radius 1 is 1.21 bits per heavy atom. The highest BCUT2D eigenvalue weighted by Gasteiger charge is 2.21. The van der Waals surface area contributed by atoms with Gasteiger partial charge in [0, 0.05) is 31.8 Å². The van der Waals surface area contributed by atoms with Crippen LogP contribution >= 0.6 is 0 Å². The van der Waals surface area contributed by atoms with Crippen LogP contribution in [-0.4, -0.2) is 44.4 Å². The summed E-state index contributed by atoms with van der Waals surface area (Å²) < 4.78 is 26.9. The van der Waals surface area contributed by atoms with Crippen LogP contribution in [0.5, 0.6) is 0 Å². The maximum absolute atomic E-state index is 12.2. The number of nitrogens with one attached hydrogen (secondary N) is 1. The average Bonchev–Trinajstić information content (AvgIpc) is 2.51. The summed E-state index contributed by atoms with van der Waals surface area (Å²) in [4.78, 5) is 12.5. The molecule has 0 spiro atoms. The van der Waals surface area contributed by atoms with Crippen LogP contribution in [0.4, 0.5) is 5.69 Å². The van der Waals surface area contributed by atoms with Crippen molar-refractivity contribution in [1.29, 1.82) is 0 Å². The number of benzene rings is 1. The van der Waals surface area contributed by atoms with Gasteiger partial charge in [-0.1, -0.05) is 13.8 Å². The molecule has 0 bridgehead atoms. The summed E-state index contributed by atoms with van der Waals surface area (Å²) in [6.07, 6.45) is 1.99. The predicted octanol–water partition coefficient (Wildman–Crippen LogP) is 2.24. The van der Waals surface area contributed by atoms with E-state index in [-0.39, 0.29) is 10.6 Å². The number of rotatable bonds is 7. The van der Waals surface area contributed by atoms with Crippen molar-refractivity contribution in [1.82, 2.24) is 9.62 Å². The Balaban J connectivity index is 1.81. The van der Waals surface area contributed by atoms with Gasteiger partial charge in [-0.25, -0.2) is 13.1 Å². The van der Waals surface area contributed by atoms with Gasteiger partial charge in [-0.2, -0.15) is 0 Å². The summed E-state index contributed by atoms with van der Waals surface area (Å²) in [6, 6.07) is 4.92. The third-order valence-corrected chi connectivity index (χ3v) is 5.72. The molecule has 1 heterocycles. The fraction of sp³-hybridized carbons (Fsp3) is 0.625. The third-order valence-electron chi connectivity index (χ3n) is 4.25. The zero-order valence-electron chi connectivity index (χ0n) is 14.1. The molecule has 0 amide bonds. The molecule has 0 saturated carbocycles. The second-order valence-corrected chi connectivity index (χ2v) is 8.47. The smallest absolute Gasteiger partial charge is 0.269 e. The van der Waals surface area contributed by atoms with E-state index in [9.17, 15) is 18.5 Å². The summed E-state index contributed by atoms with van der Waals surface area (Å²) in [5.74, 6) is 1.37. The minimum absolute atomic E-state index is 0.0494. The minimum atomic E-state index is -3.62. The number of sulfonamides is 1. The first kappa shape index (κ1) is 18.8. The van der Waals surface area contributed by atoms with E-state index in [4.69, 9.17) is 0 Å². The third kappa shape index (κ3) is 5.25. The molecule has 134 valence electrons. The van der Waals surface area contributed by atoms with Crippen LogP contribution in [-0.2, 0) is 10.0 Å². The Hall–Kier alpha value is -1.51. The van der Waals surface area contributed by atoms with Crippen LogP contribution in [0.25, 0.3) is 0 Å². The van der Waals surface area contributed by atoms with Gasteiger partial charge in [-0.3, -0.25) is 10.1 Å². The number of piperidine rings is 1. The monoisotopic (exact) mass is 355 g/mol. The van der Waals surface area contributed by atoms with E-state index in [1.807, 2.05) is 0 Å². The molecule has 0 radical (unpaired) electrons. The lowest BCUT2D eigenvalue weighted by Crippen LogP contribution is -2.40. The van der Waals surface area contributed by atoms with Crippen LogP contribution in [0.2, 0.25) is 0 Å². The van der Waals surface area contributed by atoms with Crippen molar-refractivity contribution in [3.05, 3.63) is 34.4 Å². The second kappa shape index (κ2) is 8.04. The van der Waals surface area contributed by atoms with Crippen molar-refractivity contribution < 1.29 is 13.3 Å². The van der Waals surface area contributed by atoms with Crippen LogP contribution in [0.3, 0.4) is 0 Å². The maximum atomic E-state index is 12.2. The van der Waals surface area contributed by atoms with Gasteiger partial charge >= 0.3 is 0 Å². The van der Waals surface area contributed by atoms with Gasteiger partial charge in [-0.05, 0) is 43.4 Å². The van der Waals surface area contributed by atoms with Gasteiger partial charge in [0.25, 0.3) is 5.69 Å². The largest absolute Gasteiger partial charge is 0.303 e. The normalized spacial score (nSPS) is 22.4. The van der Waals surface area contributed by atoms with Crippen LogP contribution in [0, 0.1) is 22.0 Å². The van der Waals surface area contributed by atoms with E-state index >= 15 is 0 Å². The Bertz CT molecular complexity index is 650. The number of nitro benzene ring substituents is 1. The predicted molar refractivity (Wildman–Crippen MR) is 92.3 cm³/mol. The van der Waals surface area contributed by atoms with Gasteiger partial charge < -0.3 is 4.90 Å². The lowest BCUT2D eigenvalue weighted by Gasteiger charge is -2.34. The van der Waals surface area contributed by atoms with E-state index in [2.05, 4.69) is 23.5 Å². The van der Waals surface area contributed by atoms with Gasteiger partial charge in [0.1, 0.15) is 0 Å². The summed E-state index contributed by atoms with van der Waals surface area (Å²) >= 11 is 0. The summed E-state index contributed by atoms with van der Waals surface area (Å²) in [6.45, 7) is 7.87. The average molecular weight is 355 g/mol. The SMILES string of the molecule is C[C@@H]1C[C@@H](C)CN(CCCNS(=O)(=O)c2ccc([N+](=O)[O-])cc2)C1. The van der Waals surface area contributed by atoms with Crippen molar-refractivity contribution in [2.75, 3.05) is 26.2 Å². The fourth-order valence-corrected chi connectivity index (χ4v) is 4.39. The van der Waals surface area contributed by atoms with Crippen molar-refractivity contribution in [3.63, 3.8) is 0 Å². The van der Waals surface area contributed by atoms with Crippen LogP contribution < -0.4 is 4.72 Å². The van der Waals surface area contributed by atoms with Crippen molar-refractivity contribution in [3.8, 4) is 0 Å². The molecular weight excluding hydrogens is 330 g/mol. The summed E-state index contributed by atoms with van der Waals surface area (Å²) in [5.41, 5.74) is -0.123. The molecule has 0 unspecified atom stereocenters. The molecule has 7 nitrogen and oxygen atoms in total. The van der Waals surface area contributed by atoms with E-state index in [0.717, 1.165) is 26.1 Å². The van der Waals surface area contributed by atoms with Gasteiger partial charge in [0.15, 0.2) is 0 Å². The highest BCUT2D eigenvalue weighted by molar-refractivity contribution is 7.89. The van der Waals surface area contributed by atoms with E-state index in [1.165, 1.54) is 30.7 Å². The Morgan fingerprint density at radius 2 is 1.79 bits per heavy atom. The molecule has 0 aromatic heterocycles. The standard InChI is InChI=1S/C16H25N3O4S/c1-13-10-14(2)12-18(11-13)9-3-8-17-24(22,23)16-6-4-15(5-7-16)19(20)21/h4-7,13-14,17H,3,8-12H2,1-2H3/t13-,14-/m1/s1. The van der Waals surface area contributed by atoms with Crippen molar-refractivity contribution >= 4 is 15.7 Å². The molecule has 8 heteroatoms. The van der Waals surface area contributed by atoms with Crippen molar-refractivity contribution in [2.45, 2.75) is 31.6 Å². The second-order valence-electron chi connectivity index (χ2n) is 6.71. The molecule has 2 atom stereocenters. The van der Waals surface area contributed by atoms with E-state index in [0.29, 0.717) is 18.4 Å². The lowest BCUT2D eigenvalue weighted by molar-refractivity contribution is -0.384. The molecule has 1 aromatic rings. The molecule has 24 heavy (non-hydrogen) atoms. The number of non-ortho nitro benzene ring substituents is 1. The van der Waals surface area contributed by atoms with Crippen LogP contribution in [0.1, 0.15) is 26.7 Å². The van der Waals surface area contributed by atoms with Gasteiger partial charge in [0.05, 0.1) is 9.82 Å². The highest BCUT2D eigenvalue weighted by Crippen LogP contribution is 2.21. The molecular formula is C16H25N3O4S. The molecule has 1 aromatic carbocycles. The fourth-order valence-electron chi connectivity index (χ4n) is 3.31. The molecule has 1 aliphatic rings. The van der Waals surface area contributed by atoms with Gasteiger partial charge in [0.2, 0.25) is 10.0 Å². The first-order valence-corrected chi connectivity index (χ1v) is 9.72. The zero-order chi connectivity index (χ0) is 17.7. The maximum Gasteiger partial charge on any atom is 0.269 e. The lowest BCUT2D eigenvalue weighted by atomic mass is 9.92. The summed E-state index contributed by atoms with van der Waals surface area (Å²) in [5, 5.41) is 10.6. The molecule has 1 saturated heterocycles. The Kier molecular flexibility index (Phi) is 6.31. The number of likely N-dealkylation sites (tertiary alicyclic amines) is 1. The highest BCUT2D eigenvalue weighted by atomic mass is 32.2. The molecule has 0 aliphatic carbocycles. The number of nitro groups is 1. The molecule has 2 rings (SSSR count). The summed E-state index contributed by atoms with van der Waals surface area (Å²) in [7, 11) is -3.62. The molecule has 1 N–H and O–H groups in total. The van der Waals surface area contributed by atoms with Crippen molar-refractivity contribution in [2.24, 2.45) is 11.8 Å². The first-order valence-electron chi connectivity index (χ1n) is 8.24. The van der Waals surface area contributed by atoms with Crippen LogP contribution in [0.15, 0.2) is 29.2 Å². The minimum Gasteiger partial charge on any atom is -0.303 e.